The Hall–Kier alpha value is -5.11. The van der Waals surface area contributed by atoms with Crippen LogP contribution < -0.4 is 25.6 Å². The molecule has 16 heteroatoms. The van der Waals surface area contributed by atoms with Gasteiger partial charge in [0.05, 0.1) is 41.8 Å². The van der Waals surface area contributed by atoms with Crippen LogP contribution in [0.15, 0.2) is 55.4 Å². The summed E-state index contributed by atoms with van der Waals surface area (Å²) in [5.41, 5.74) is 6.80. The summed E-state index contributed by atoms with van der Waals surface area (Å²) in [5, 5.41) is 11.9. The van der Waals surface area contributed by atoms with Crippen LogP contribution in [-0.4, -0.2) is 122 Å². The maximum absolute atomic E-state index is 13.6. The van der Waals surface area contributed by atoms with E-state index in [1.54, 1.807) is 39.2 Å². The van der Waals surface area contributed by atoms with Crippen molar-refractivity contribution in [1.82, 2.24) is 49.5 Å². The molecule has 2 aliphatic rings. The first-order valence-electron chi connectivity index (χ1n) is 17.6. The highest BCUT2D eigenvalue weighted by molar-refractivity contribution is 7.71. The Bertz CT molecular complexity index is 2280. The first-order valence-corrected chi connectivity index (χ1v) is 20.2. The predicted molar refractivity (Wildman–Crippen MR) is 206 cm³/mol. The summed E-state index contributed by atoms with van der Waals surface area (Å²) in [6.07, 6.45) is 11.0. The first kappa shape index (κ1) is 34.0. The molecule has 2 saturated heterocycles. The molecule has 8 rings (SSSR count). The highest BCUT2D eigenvalue weighted by Gasteiger charge is 2.29. The summed E-state index contributed by atoms with van der Waals surface area (Å²) in [6.45, 7) is 9.90. The lowest BCUT2D eigenvalue weighted by molar-refractivity contribution is 0.0982. The van der Waals surface area contributed by atoms with E-state index >= 15 is 0 Å². The molecule has 6 aromatic rings. The van der Waals surface area contributed by atoms with E-state index in [4.69, 9.17) is 14.7 Å². The number of fused-ring (bicyclic) bond motifs is 2. The smallest absolute Gasteiger partial charge is 0.231 e. The van der Waals surface area contributed by atoms with Crippen LogP contribution >= 0.6 is 7.14 Å². The van der Waals surface area contributed by atoms with Gasteiger partial charge in [0.2, 0.25) is 5.95 Å². The molecular formula is C36H44N13O2P. The van der Waals surface area contributed by atoms with E-state index in [2.05, 4.69) is 69.5 Å². The van der Waals surface area contributed by atoms with E-state index in [1.165, 1.54) is 0 Å². The molecule has 52 heavy (non-hydrogen) atoms. The van der Waals surface area contributed by atoms with Gasteiger partial charge in [-0.2, -0.15) is 15.1 Å². The number of nitrogens with zero attached hydrogens (tertiary/aromatic N) is 10. The lowest BCUT2D eigenvalue weighted by Gasteiger charge is -2.43. The van der Waals surface area contributed by atoms with Crippen molar-refractivity contribution in [2.24, 2.45) is 7.05 Å². The normalized spacial score (nSPS) is 16.5. The molecule has 0 amide bonds. The number of aromatic nitrogens is 8. The van der Waals surface area contributed by atoms with Crippen LogP contribution in [0, 0.1) is 0 Å². The van der Waals surface area contributed by atoms with Gasteiger partial charge >= 0.3 is 0 Å². The molecule has 2 aromatic carbocycles. The number of H-pyrrole nitrogens is 1. The van der Waals surface area contributed by atoms with Gasteiger partial charge in [0.25, 0.3) is 0 Å². The van der Waals surface area contributed by atoms with Gasteiger partial charge in [-0.05, 0) is 51.4 Å². The van der Waals surface area contributed by atoms with Crippen LogP contribution in [0.1, 0.15) is 12.8 Å². The predicted octanol–water partition coefficient (Wildman–Crippen LogP) is 4.66. The largest absolute Gasteiger partial charge is 0.494 e. The summed E-state index contributed by atoms with van der Waals surface area (Å²) < 4.78 is 21.4. The van der Waals surface area contributed by atoms with E-state index in [0.717, 1.165) is 68.9 Å². The van der Waals surface area contributed by atoms with E-state index in [0.29, 0.717) is 62.4 Å². The van der Waals surface area contributed by atoms with Crippen molar-refractivity contribution in [3.63, 3.8) is 0 Å². The average Bonchev–Trinajstić information content (AvgIpc) is 3.80. The standard InChI is InChI=1S/C36H44N13O2P/c1-46-14-16-48(17-15-46)24-8-12-49(13-9-24)29-19-30(51-3)28(18-25(29)23-20-41-47(2)21-23)43-36-44-34-32(39-22-40-34)35(45-36)42-27-7-6-26-31(38-11-10-37-26)33(27)52(4,5)50/h6-7,10-11,18-22,24H,8-9,12-17H2,1-5H3,(H3,39,40,42,43,44,45). The summed E-state index contributed by atoms with van der Waals surface area (Å²) in [5.74, 6) is 1.44. The number of piperidine rings is 1. The van der Waals surface area contributed by atoms with Gasteiger partial charge in [0.15, 0.2) is 17.0 Å². The molecular weight excluding hydrogens is 677 g/mol. The highest BCUT2D eigenvalue weighted by Crippen LogP contribution is 2.43. The van der Waals surface area contributed by atoms with E-state index in [9.17, 15) is 4.57 Å². The second-order valence-electron chi connectivity index (χ2n) is 14.0. The minimum Gasteiger partial charge on any atom is -0.494 e. The van der Waals surface area contributed by atoms with Gasteiger partial charge in [-0.1, -0.05) is 0 Å². The van der Waals surface area contributed by atoms with Crippen molar-refractivity contribution < 1.29 is 9.30 Å². The number of piperazine rings is 1. The van der Waals surface area contributed by atoms with Gasteiger partial charge in [-0.25, -0.2) is 4.98 Å². The number of nitrogens with one attached hydrogen (secondary N) is 3. The van der Waals surface area contributed by atoms with E-state index in [-0.39, 0.29) is 0 Å². The zero-order valence-electron chi connectivity index (χ0n) is 30.2. The van der Waals surface area contributed by atoms with Crippen LogP contribution in [0.3, 0.4) is 0 Å². The Morgan fingerprint density at radius 1 is 0.904 bits per heavy atom. The number of methoxy groups -OCH3 is 1. The Balaban J connectivity index is 1.13. The molecule has 0 saturated carbocycles. The zero-order valence-corrected chi connectivity index (χ0v) is 31.1. The Morgan fingerprint density at radius 3 is 2.42 bits per heavy atom. The van der Waals surface area contributed by atoms with Crippen molar-refractivity contribution in [1.29, 1.82) is 0 Å². The lowest BCUT2D eigenvalue weighted by atomic mass is 9.98. The third kappa shape index (κ3) is 6.67. The number of ether oxygens (including phenoxy) is 1. The quantitative estimate of drug-likeness (QED) is 0.177. The zero-order chi connectivity index (χ0) is 36.0. The number of imidazole rings is 1. The number of benzene rings is 2. The summed E-state index contributed by atoms with van der Waals surface area (Å²) in [4.78, 5) is 33.8. The van der Waals surface area contributed by atoms with Crippen molar-refractivity contribution in [2.75, 3.05) is 82.3 Å². The highest BCUT2D eigenvalue weighted by atomic mass is 31.2. The SMILES string of the molecule is COc1cc(N2CCC(N3CCN(C)CC3)CC2)c(-c2cnn(C)c2)cc1Nc1nc(Nc2ccc3nccnc3c2P(C)(C)=O)c2nc[nH]c2n1. The summed E-state index contributed by atoms with van der Waals surface area (Å²) in [6, 6.07) is 8.52. The fourth-order valence-corrected chi connectivity index (χ4v) is 8.84. The van der Waals surface area contributed by atoms with Gasteiger partial charge in [-0.15, -0.1) is 0 Å². The molecule has 2 fully saturated rings. The van der Waals surface area contributed by atoms with Gasteiger partial charge in [0, 0.05) is 93.8 Å². The van der Waals surface area contributed by atoms with Crippen molar-refractivity contribution >= 4 is 63.5 Å². The molecule has 0 unspecified atom stereocenters. The van der Waals surface area contributed by atoms with Crippen LogP contribution in [0.4, 0.5) is 28.8 Å². The third-order valence-corrected chi connectivity index (χ3v) is 11.7. The average molecular weight is 722 g/mol. The van der Waals surface area contributed by atoms with Crippen LogP contribution in [0.25, 0.3) is 33.3 Å². The van der Waals surface area contributed by atoms with Crippen molar-refractivity contribution in [2.45, 2.75) is 18.9 Å². The van der Waals surface area contributed by atoms with Crippen molar-refractivity contribution in [3.05, 3.63) is 55.4 Å². The van der Waals surface area contributed by atoms with E-state index in [1.807, 2.05) is 36.3 Å². The number of likely N-dealkylation sites (N-methyl/N-ethyl adjacent to an activating group) is 1. The number of hydrogen-bond acceptors (Lipinski definition) is 13. The maximum atomic E-state index is 13.6. The van der Waals surface area contributed by atoms with Gasteiger partial charge in [0.1, 0.15) is 18.4 Å². The second-order valence-corrected chi connectivity index (χ2v) is 17.2. The molecule has 0 spiro atoms. The number of anilines is 5. The monoisotopic (exact) mass is 721 g/mol. The topological polar surface area (TPSA) is 158 Å². The molecule has 4 aromatic heterocycles. The van der Waals surface area contributed by atoms with Crippen LogP contribution in [0.5, 0.6) is 5.75 Å². The summed E-state index contributed by atoms with van der Waals surface area (Å²) in [7, 11) is 3.01. The molecule has 6 heterocycles. The summed E-state index contributed by atoms with van der Waals surface area (Å²) >= 11 is 0. The van der Waals surface area contributed by atoms with Gasteiger partial charge < -0.3 is 34.7 Å². The van der Waals surface area contributed by atoms with E-state index < -0.39 is 7.14 Å². The lowest BCUT2D eigenvalue weighted by Crippen LogP contribution is -2.52. The first-order chi connectivity index (χ1) is 25.1. The minimum atomic E-state index is -2.81. The molecule has 0 radical (unpaired) electrons. The third-order valence-electron chi connectivity index (χ3n) is 10.1. The number of hydrogen-bond donors (Lipinski definition) is 3. The molecule has 0 bridgehead atoms. The second kappa shape index (κ2) is 13.8. The Labute approximate surface area is 302 Å². The van der Waals surface area contributed by atoms with Crippen LogP contribution in [0.2, 0.25) is 0 Å². The number of aromatic amines is 1. The number of aryl methyl sites for hydroxylation is 1. The molecule has 3 N–H and O–H groups in total. The van der Waals surface area contributed by atoms with Gasteiger partial charge in [-0.3, -0.25) is 19.5 Å². The fraction of sp³-hybridized carbons (Fsp3) is 0.389. The molecule has 15 nitrogen and oxygen atoms in total. The molecule has 0 aliphatic carbocycles. The van der Waals surface area contributed by atoms with Crippen molar-refractivity contribution in [3.8, 4) is 16.9 Å². The Morgan fingerprint density at radius 2 is 1.69 bits per heavy atom. The van der Waals surface area contributed by atoms with Crippen LogP contribution in [-0.2, 0) is 11.6 Å². The Kier molecular flexibility index (Phi) is 9.02. The minimum absolute atomic E-state index is 0.328. The molecule has 0 atom stereocenters. The fourth-order valence-electron chi connectivity index (χ4n) is 7.44. The molecule has 270 valence electrons. The maximum Gasteiger partial charge on any atom is 0.231 e. The number of rotatable bonds is 9. The molecule has 2 aliphatic heterocycles.